The van der Waals surface area contributed by atoms with Crippen LogP contribution in [0.4, 0.5) is 4.39 Å². The van der Waals surface area contributed by atoms with Crippen LogP contribution in [0, 0.1) is 12.7 Å². The molecule has 0 spiro atoms. The van der Waals surface area contributed by atoms with E-state index in [1.54, 1.807) is 6.07 Å². The summed E-state index contributed by atoms with van der Waals surface area (Å²) in [7, 11) is 0. The predicted octanol–water partition coefficient (Wildman–Crippen LogP) is 4.83. The first-order chi connectivity index (χ1) is 10.1. The Hall–Kier alpha value is -1.19. The smallest absolute Gasteiger partial charge is 0.124 e. The fraction of sp³-hybridized carbons (Fsp3) is 0.333. The van der Waals surface area contributed by atoms with Gasteiger partial charge in [-0.05, 0) is 49.2 Å². The minimum Gasteiger partial charge on any atom is -0.316 e. The normalized spacial score (nSPS) is 12.4. The van der Waals surface area contributed by atoms with Gasteiger partial charge in [-0.25, -0.2) is 4.39 Å². The summed E-state index contributed by atoms with van der Waals surface area (Å²) in [5.74, 6) is 0.157. The van der Waals surface area contributed by atoms with E-state index >= 15 is 0 Å². The molecule has 1 nitrogen and oxygen atoms in total. The summed E-state index contributed by atoms with van der Waals surface area (Å²) in [4.78, 5) is 0. The highest BCUT2D eigenvalue weighted by Crippen LogP contribution is 2.23. The molecule has 2 aromatic rings. The van der Waals surface area contributed by atoms with Gasteiger partial charge in [0.05, 0.1) is 0 Å². The largest absolute Gasteiger partial charge is 0.316 e. The number of halogens is 2. The summed E-state index contributed by atoms with van der Waals surface area (Å²) in [5.41, 5.74) is 3.57. The van der Waals surface area contributed by atoms with Crippen LogP contribution in [-0.4, -0.2) is 13.1 Å². The van der Waals surface area contributed by atoms with Gasteiger partial charge >= 0.3 is 0 Å². The predicted molar refractivity (Wildman–Crippen MR) is 90.3 cm³/mol. The third-order valence-electron chi connectivity index (χ3n) is 3.59. The van der Waals surface area contributed by atoms with Gasteiger partial charge in [-0.2, -0.15) is 0 Å². The van der Waals surface area contributed by atoms with E-state index in [-0.39, 0.29) is 5.82 Å². The molecule has 2 rings (SSSR count). The molecule has 21 heavy (non-hydrogen) atoms. The summed E-state index contributed by atoms with van der Waals surface area (Å²) in [5, 5.41) is 3.41. The highest BCUT2D eigenvalue weighted by Gasteiger charge is 2.13. The van der Waals surface area contributed by atoms with Crippen LogP contribution >= 0.6 is 15.9 Å². The van der Waals surface area contributed by atoms with Crippen LogP contribution < -0.4 is 5.32 Å². The molecular weight excluding hydrogens is 329 g/mol. The van der Waals surface area contributed by atoms with Crippen molar-refractivity contribution in [2.45, 2.75) is 26.2 Å². The fourth-order valence-corrected chi connectivity index (χ4v) is 2.99. The number of likely N-dealkylation sites (N-methyl/N-ethyl adjacent to an activating group) is 1. The van der Waals surface area contributed by atoms with Crippen molar-refractivity contribution in [2.75, 3.05) is 13.1 Å². The summed E-state index contributed by atoms with van der Waals surface area (Å²) < 4.78 is 14.3. The van der Waals surface area contributed by atoms with Gasteiger partial charge in [0.25, 0.3) is 0 Å². The van der Waals surface area contributed by atoms with Crippen molar-refractivity contribution < 1.29 is 4.39 Å². The lowest BCUT2D eigenvalue weighted by Gasteiger charge is -2.18. The van der Waals surface area contributed by atoms with Gasteiger partial charge in [0.1, 0.15) is 5.82 Å². The third-order valence-corrected chi connectivity index (χ3v) is 4.05. The maximum Gasteiger partial charge on any atom is 0.124 e. The van der Waals surface area contributed by atoms with Gasteiger partial charge in [0.15, 0.2) is 0 Å². The minimum absolute atomic E-state index is 0.189. The summed E-state index contributed by atoms with van der Waals surface area (Å²) in [6.07, 6.45) is 0.826. The third kappa shape index (κ3) is 4.94. The number of hydrogen-bond donors (Lipinski definition) is 1. The van der Waals surface area contributed by atoms with Crippen LogP contribution in [-0.2, 0) is 6.42 Å². The van der Waals surface area contributed by atoms with Gasteiger partial charge in [-0.3, -0.25) is 0 Å². The zero-order chi connectivity index (χ0) is 15.2. The van der Waals surface area contributed by atoms with Crippen LogP contribution in [0.5, 0.6) is 0 Å². The molecule has 0 heterocycles. The Morgan fingerprint density at radius 2 is 1.86 bits per heavy atom. The molecule has 0 aromatic heterocycles. The van der Waals surface area contributed by atoms with E-state index in [4.69, 9.17) is 0 Å². The first kappa shape index (κ1) is 16.2. The SMILES string of the molecule is CCNCC(Cc1cc(F)cc(Br)c1)c1ccc(C)cc1. The van der Waals surface area contributed by atoms with Crippen LogP contribution in [0.25, 0.3) is 0 Å². The van der Waals surface area contributed by atoms with Crippen molar-refractivity contribution in [2.24, 2.45) is 0 Å². The molecule has 3 heteroatoms. The number of hydrogen-bond acceptors (Lipinski definition) is 1. The molecule has 0 fully saturated rings. The average molecular weight is 350 g/mol. The van der Waals surface area contributed by atoms with E-state index in [1.807, 2.05) is 6.07 Å². The highest BCUT2D eigenvalue weighted by atomic mass is 79.9. The molecule has 0 aliphatic heterocycles. The van der Waals surface area contributed by atoms with Crippen molar-refractivity contribution in [1.29, 1.82) is 0 Å². The first-order valence-corrected chi connectivity index (χ1v) is 8.10. The zero-order valence-electron chi connectivity index (χ0n) is 12.5. The van der Waals surface area contributed by atoms with Gasteiger partial charge < -0.3 is 5.32 Å². The number of benzene rings is 2. The lowest BCUT2D eigenvalue weighted by Crippen LogP contribution is -2.22. The molecule has 1 N–H and O–H groups in total. The van der Waals surface area contributed by atoms with Crippen LogP contribution in [0.3, 0.4) is 0 Å². The zero-order valence-corrected chi connectivity index (χ0v) is 14.1. The second kappa shape index (κ2) is 7.71. The van der Waals surface area contributed by atoms with E-state index in [0.717, 1.165) is 29.5 Å². The molecule has 0 aliphatic rings. The maximum atomic E-state index is 13.5. The second-order valence-corrected chi connectivity index (χ2v) is 6.31. The topological polar surface area (TPSA) is 12.0 Å². The Kier molecular flexibility index (Phi) is 5.95. The van der Waals surface area contributed by atoms with Gasteiger partial charge in [-0.1, -0.05) is 52.7 Å². The summed E-state index contributed by atoms with van der Waals surface area (Å²) >= 11 is 3.37. The van der Waals surface area contributed by atoms with Gasteiger partial charge in [0, 0.05) is 16.9 Å². The Morgan fingerprint density at radius 3 is 2.48 bits per heavy atom. The Morgan fingerprint density at radius 1 is 1.14 bits per heavy atom. The quantitative estimate of drug-likeness (QED) is 0.787. The standard InChI is InChI=1S/C18H21BrFN/c1-3-21-12-16(15-6-4-13(2)5-7-15)8-14-9-17(19)11-18(20)10-14/h4-7,9-11,16,21H,3,8,12H2,1-2H3. The molecule has 112 valence electrons. The van der Waals surface area contributed by atoms with Crippen LogP contribution in [0.15, 0.2) is 46.9 Å². The molecule has 0 radical (unpaired) electrons. The molecule has 0 bridgehead atoms. The molecule has 2 aromatic carbocycles. The molecule has 1 atom stereocenters. The average Bonchev–Trinajstić information content (AvgIpc) is 2.43. The molecular formula is C18H21BrFN. The Labute approximate surface area is 134 Å². The Bertz CT molecular complexity index is 560. The minimum atomic E-state index is -0.189. The lowest BCUT2D eigenvalue weighted by atomic mass is 9.91. The van der Waals surface area contributed by atoms with E-state index in [2.05, 4.69) is 59.4 Å². The van der Waals surface area contributed by atoms with E-state index in [0.29, 0.717) is 5.92 Å². The molecule has 0 amide bonds. The number of aryl methyl sites for hydroxylation is 1. The van der Waals surface area contributed by atoms with Gasteiger partial charge in [0.2, 0.25) is 0 Å². The van der Waals surface area contributed by atoms with Crippen LogP contribution in [0.1, 0.15) is 29.5 Å². The van der Waals surface area contributed by atoms with Crippen molar-refractivity contribution in [3.05, 3.63) is 69.4 Å². The number of nitrogens with one attached hydrogen (secondary N) is 1. The first-order valence-electron chi connectivity index (χ1n) is 7.30. The molecule has 0 saturated heterocycles. The van der Waals surface area contributed by atoms with Crippen molar-refractivity contribution in [3.63, 3.8) is 0 Å². The summed E-state index contributed by atoms with van der Waals surface area (Å²) in [6, 6.07) is 13.7. The van der Waals surface area contributed by atoms with Crippen molar-refractivity contribution in [3.8, 4) is 0 Å². The molecule has 1 unspecified atom stereocenters. The molecule has 0 aliphatic carbocycles. The molecule has 0 saturated carbocycles. The second-order valence-electron chi connectivity index (χ2n) is 5.40. The van der Waals surface area contributed by atoms with Crippen molar-refractivity contribution in [1.82, 2.24) is 5.32 Å². The number of rotatable bonds is 6. The summed E-state index contributed by atoms with van der Waals surface area (Å²) in [6.45, 7) is 6.03. The van der Waals surface area contributed by atoms with E-state index in [9.17, 15) is 4.39 Å². The van der Waals surface area contributed by atoms with Crippen LogP contribution in [0.2, 0.25) is 0 Å². The maximum absolute atomic E-state index is 13.5. The fourth-order valence-electron chi connectivity index (χ4n) is 2.48. The lowest BCUT2D eigenvalue weighted by molar-refractivity contribution is 0.588. The van der Waals surface area contributed by atoms with E-state index < -0.39 is 0 Å². The Balaban J connectivity index is 2.21. The van der Waals surface area contributed by atoms with Crippen molar-refractivity contribution >= 4 is 15.9 Å². The highest BCUT2D eigenvalue weighted by molar-refractivity contribution is 9.10. The van der Waals surface area contributed by atoms with Gasteiger partial charge in [-0.15, -0.1) is 0 Å². The van der Waals surface area contributed by atoms with E-state index in [1.165, 1.54) is 17.2 Å². The monoisotopic (exact) mass is 349 g/mol.